The number of hydrogen-bond acceptors (Lipinski definition) is 6. The molecule has 6 heteroatoms. The van der Waals surface area contributed by atoms with Crippen molar-refractivity contribution in [1.82, 2.24) is 4.90 Å². The maximum atomic E-state index is 11.3. The highest BCUT2D eigenvalue weighted by Gasteiger charge is 2.21. The summed E-state index contributed by atoms with van der Waals surface area (Å²) in [4.78, 5) is 13.6. The summed E-state index contributed by atoms with van der Waals surface area (Å²) >= 11 is 0. The summed E-state index contributed by atoms with van der Waals surface area (Å²) in [5, 5.41) is 8.73. The SMILES string of the molecule is COC(=O)c1ccc(CN2CCC(OCCO)CC2)o1. The van der Waals surface area contributed by atoms with Crippen LogP contribution >= 0.6 is 0 Å². The largest absolute Gasteiger partial charge is 0.463 e. The van der Waals surface area contributed by atoms with E-state index < -0.39 is 5.97 Å². The van der Waals surface area contributed by atoms with Gasteiger partial charge in [0.25, 0.3) is 0 Å². The summed E-state index contributed by atoms with van der Waals surface area (Å²) in [6.07, 6.45) is 2.13. The van der Waals surface area contributed by atoms with Crippen LogP contribution in [-0.2, 0) is 16.0 Å². The van der Waals surface area contributed by atoms with Gasteiger partial charge in [-0.2, -0.15) is 0 Å². The van der Waals surface area contributed by atoms with Crippen molar-refractivity contribution in [3.8, 4) is 0 Å². The molecule has 0 saturated carbocycles. The molecule has 0 aliphatic carbocycles. The molecule has 0 unspecified atom stereocenters. The first-order valence-electron chi connectivity index (χ1n) is 6.84. The minimum Gasteiger partial charge on any atom is -0.463 e. The van der Waals surface area contributed by atoms with Gasteiger partial charge >= 0.3 is 5.97 Å². The monoisotopic (exact) mass is 283 g/mol. The highest BCUT2D eigenvalue weighted by atomic mass is 16.5. The maximum Gasteiger partial charge on any atom is 0.373 e. The van der Waals surface area contributed by atoms with E-state index in [4.69, 9.17) is 14.3 Å². The molecule has 0 spiro atoms. The number of hydrogen-bond donors (Lipinski definition) is 1. The van der Waals surface area contributed by atoms with Gasteiger partial charge in [0.05, 0.1) is 33.0 Å². The Balaban J connectivity index is 1.77. The van der Waals surface area contributed by atoms with E-state index >= 15 is 0 Å². The number of methoxy groups -OCH3 is 1. The van der Waals surface area contributed by atoms with Crippen LogP contribution in [0.2, 0.25) is 0 Å². The fourth-order valence-corrected chi connectivity index (χ4v) is 2.35. The van der Waals surface area contributed by atoms with E-state index in [-0.39, 0.29) is 18.5 Å². The molecule has 1 aliphatic heterocycles. The van der Waals surface area contributed by atoms with Gasteiger partial charge in [0.1, 0.15) is 5.76 Å². The third-order valence-corrected chi connectivity index (χ3v) is 3.41. The van der Waals surface area contributed by atoms with E-state index in [1.165, 1.54) is 7.11 Å². The first kappa shape index (κ1) is 15.0. The van der Waals surface area contributed by atoms with Gasteiger partial charge in [0.15, 0.2) is 0 Å². The molecule has 2 rings (SSSR count). The van der Waals surface area contributed by atoms with Crippen LogP contribution in [0.3, 0.4) is 0 Å². The smallest absolute Gasteiger partial charge is 0.373 e. The van der Waals surface area contributed by atoms with Crippen LogP contribution in [0.25, 0.3) is 0 Å². The molecule has 2 heterocycles. The van der Waals surface area contributed by atoms with Gasteiger partial charge in [0, 0.05) is 13.1 Å². The number of piperidine rings is 1. The minimum absolute atomic E-state index is 0.0723. The fourth-order valence-electron chi connectivity index (χ4n) is 2.35. The summed E-state index contributed by atoms with van der Waals surface area (Å²) in [6, 6.07) is 3.44. The zero-order chi connectivity index (χ0) is 14.4. The molecule has 0 radical (unpaired) electrons. The number of carbonyl (C=O) groups excluding carboxylic acids is 1. The van der Waals surface area contributed by atoms with E-state index in [2.05, 4.69) is 9.64 Å². The van der Waals surface area contributed by atoms with Gasteiger partial charge < -0.3 is 19.0 Å². The minimum atomic E-state index is -0.452. The van der Waals surface area contributed by atoms with E-state index in [0.29, 0.717) is 13.2 Å². The molecule has 1 saturated heterocycles. The van der Waals surface area contributed by atoms with Crippen molar-refractivity contribution in [2.75, 3.05) is 33.4 Å². The standard InChI is InChI=1S/C14H21NO5/c1-18-14(17)13-3-2-12(20-13)10-15-6-4-11(5-7-15)19-9-8-16/h2-3,11,16H,4-10H2,1H3. The number of furan rings is 1. The Labute approximate surface area is 118 Å². The molecule has 0 bridgehead atoms. The molecule has 0 atom stereocenters. The molecule has 20 heavy (non-hydrogen) atoms. The molecular formula is C14H21NO5. The number of carbonyl (C=O) groups is 1. The molecule has 1 aliphatic rings. The highest BCUT2D eigenvalue weighted by molar-refractivity contribution is 5.86. The number of ether oxygens (including phenoxy) is 2. The van der Waals surface area contributed by atoms with Crippen molar-refractivity contribution in [3.63, 3.8) is 0 Å². The van der Waals surface area contributed by atoms with Crippen LogP contribution < -0.4 is 0 Å². The summed E-state index contributed by atoms with van der Waals surface area (Å²) < 4.78 is 15.6. The topological polar surface area (TPSA) is 72.1 Å². The summed E-state index contributed by atoms with van der Waals surface area (Å²) in [5.74, 6) is 0.552. The maximum absolute atomic E-state index is 11.3. The van der Waals surface area contributed by atoms with Crippen LogP contribution in [-0.4, -0.2) is 55.5 Å². The Bertz CT molecular complexity index is 423. The summed E-state index contributed by atoms with van der Waals surface area (Å²) in [7, 11) is 1.34. The second kappa shape index (κ2) is 7.42. The normalized spacial score (nSPS) is 17.3. The zero-order valence-electron chi connectivity index (χ0n) is 11.7. The zero-order valence-corrected chi connectivity index (χ0v) is 11.7. The average molecular weight is 283 g/mol. The molecule has 6 nitrogen and oxygen atoms in total. The van der Waals surface area contributed by atoms with E-state index in [1.54, 1.807) is 12.1 Å². The first-order valence-corrected chi connectivity index (χ1v) is 6.84. The third kappa shape index (κ3) is 4.06. The van der Waals surface area contributed by atoms with Crippen molar-refractivity contribution < 1.29 is 23.8 Å². The third-order valence-electron chi connectivity index (χ3n) is 3.41. The summed E-state index contributed by atoms with van der Waals surface area (Å²) in [5.41, 5.74) is 0. The Hall–Kier alpha value is -1.37. The van der Waals surface area contributed by atoms with E-state index in [1.807, 2.05) is 0 Å². The average Bonchev–Trinajstić information content (AvgIpc) is 2.94. The lowest BCUT2D eigenvalue weighted by atomic mass is 10.1. The Morgan fingerprint density at radius 1 is 1.45 bits per heavy atom. The lowest BCUT2D eigenvalue weighted by Crippen LogP contribution is -2.36. The van der Waals surface area contributed by atoms with Gasteiger partial charge in [-0.1, -0.05) is 0 Å². The van der Waals surface area contributed by atoms with E-state index in [0.717, 1.165) is 31.7 Å². The van der Waals surface area contributed by atoms with Gasteiger partial charge in [0.2, 0.25) is 5.76 Å². The molecule has 112 valence electrons. The molecule has 1 aromatic heterocycles. The van der Waals surface area contributed by atoms with Gasteiger partial charge in [-0.15, -0.1) is 0 Å². The fraction of sp³-hybridized carbons (Fsp3) is 0.643. The van der Waals surface area contributed by atoms with Crippen molar-refractivity contribution >= 4 is 5.97 Å². The van der Waals surface area contributed by atoms with Gasteiger partial charge in [-0.25, -0.2) is 4.79 Å². The van der Waals surface area contributed by atoms with Crippen molar-refractivity contribution in [2.45, 2.75) is 25.5 Å². The number of esters is 1. The molecular weight excluding hydrogens is 262 g/mol. The van der Waals surface area contributed by atoms with Crippen molar-refractivity contribution in [3.05, 3.63) is 23.7 Å². The molecule has 1 N–H and O–H groups in total. The Kier molecular flexibility index (Phi) is 5.58. The Morgan fingerprint density at radius 3 is 2.85 bits per heavy atom. The summed E-state index contributed by atoms with van der Waals surface area (Å²) in [6.45, 7) is 3.01. The number of nitrogens with zero attached hydrogens (tertiary/aromatic N) is 1. The number of rotatable bonds is 6. The first-order chi connectivity index (χ1) is 9.72. The Morgan fingerprint density at radius 2 is 2.20 bits per heavy atom. The number of aliphatic hydroxyl groups is 1. The molecule has 0 amide bonds. The van der Waals surface area contributed by atoms with E-state index in [9.17, 15) is 4.79 Å². The van der Waals surface area contributed by atoms with Crippen LogP contribution in [0.4, 0.5) is 0 Å². The number of aliphatic hydroxyl groups excluding tert-OH is 1. The predicted octanol–water partition coefficient (Wildman–Crippen LogP) is 1.04. The van der Waals surface area contributed by atoms with Crippen LogP contribution in [0.1, 0.15) is 29.2 Å². The lowest BCUT2D eigenvalue weighted by Gasteiger charge is -2.31. The highest BCUT2D eigenvalue weighted by Crippen LogP contribution is 2.17. The van der Waals surface area contributed by atoms with Crippen LogP contribution in [0.15, 0.2) is 16.5 Å². The quantitative estimate of drug-likeness (QED) is 0.786. The van der Waals surface area contributed by atoms with Crippen molar-refractivity contribution in [1.29, 1.82) is 0 Å². The van der Waals surface area contributed by atoms with Crippen molar-refractivity contribution in [2.24, 2.45) is 0 Å². The van der Waals surface area contributed by atoms with Gasteiger partial charge in [-0.3, -0.25) is 4.90 Å². The van der Waals surface area contributed by atoms with Gasteiger partial charge in [-0.05, 0) is 25.0 Å². The second-order valence-electron chi connectivity index (χ2n) is 4.83. The molecule has 1 fully saturated rings. The number of likely N-dealkylation sites (tertiary alicyclic amines) is 1. The predicted molar refractivity (Wildman–Crippen MR) is 71.4 cm³/mol. The molecule has 1 aromatic rings. The molecule has 0 aromatic carbocycles. The lowest BCUT2D eigenvalue weighted by molar-refractivity contribution is -0.00997. The van der Waals surface area contributed by atoms with Crippen LogP contribution in [0.5, 0.6) is 0 Å². The second-order valence-corrected chi connectivity index (χ2v) is 4.83. The van der Waals surface area contributed by atoms with Crippen LogP contribution in [0, 0.1) is 0 Å².